The third kappa shape index (κ3) is 54.9. The van der Waals surface area contributed by atoms with Crippen LogP contribution in [-0.2, 0) is 0 Å². The summed E-state index contributed by atoms with van der Waals surface area (Å²) in [7, 11) is -5.36. The van der Waals surface area contributed by atoms with Crippen molar-refractivity contribution >= 4 is 57.9 Å². The summed E-state index contributed by atoms with van der Waals surface area (Å²) >= 11 is 0. The molecular formula is HBaNaO4Si. The second-order valence-corrected chi connectivity index (χ2v) is 1.57. The number of rotatable bonds is 0. The fourth-order valence-corrected chi connectivity index (χ4v) is 0. The molecule has 0 atom stereocenters. The third-order valence-corrected chi connectivity index (χ3v) is 0. The minimum atomic E-state index is -5.36. The molecule has 0 aliphatic rings. The molecule has 0 fully saturated rings. The summed E-state index contributed by atoms with van der Waals surface area (Å²) in [6.07, 6.45) is 0. The van der Waals surface area contributed by atoms with E-state index >= 15 is 0 Å². The largest absolute Gasteiger partial charge is 2.00 e. The minimum Gasteiger partial charge on any atom is -0.861 e. The van der Waals surface area contributed by atoms with E-state index in [1.54, 1.807) is 0 Å². The van der Waals surface area contributed by atoms with Gasteiger partial charge in [-0.2, -0.15) is 0 Å². The van der Waals surface area contributed by atoms with Crippen molar-refractivity contribution in [1.82, 2.24) is 0 Å². The van der Waals surface area contributed by atoms with Crippen LogP contribution in [0.15, 0.2) is 0 Å². The van der Waals surface area contributed by atoms with Crippen molar-refractivity contribution in [2.75, 3.05) is 0 Å². The normalized spacial score (nSPS) is 8.57. The molecule has 1 N–H and O–H groups in total. The van der Waals surface area contributed by atoms with Crippen molar-refractivity contribution in [2.45, 2.75) is 0 Å². The van der Waals surface area contributed by atoms with E-state index in [2.05, 4.69) is 0 Å². The van der Waals surface area contributed by atoms with Crippen molar-refractivity contribution in [1.29, 1.82) is 0 Å². The molecule has 32 valence electrons. The van der Waals surface area contributed by atoms with Gasteiger partial charge in [0.05, 0.1) is 0 Å². The molecule has 0 radical (unpaired) electrons. The van der Waals surface area contributed by atoms with Gasteiger partial charge in [0.25, 0.3) is 0 Å². The molecule has 0 bridgehead atoms. The predicted octanol–water partition coefficient (Wildman–Crippen LogP) is -7.88. The van der Waals surface area contributed by atoms with Gasteiger partial charge in [-0.15, -0.1) is 9.05 Å². The van der Waals surface area contributed by atoms with E-state index in [9.17, 15) is 0 Å². The predicted molar refractivity (Wildman–Crippen MR) is 13.7 cm³/mol. The summed E-state index contributed by atoms with van der Waals surface area (Å²) < 4.78 is 0. The Morgan fingerprint density at radius 1 is 1.14 bits per heavy atom. The molecule has 0 saturated heterocycles. The average molecular weight is 253 g/mol. The van der Waals surface area contributed by atoms with Crippen molar-refractivity contribution in [3.8, 4) is 0 Å². The van der Waals surface area contributed by atoms with Crippen LogP contribution in [0.4, 0.5) is 0 Å². The maximum atomic E-state index is 8.69. The first-order chi connectivity index (χ1) is 2.00. The average Bonchev–Trinajstić information content (AvgIpc) is 0.722. The molecule has 0 aromatic rings. The van der Waals surface area contributed by atoms with Gasteiger partial charge in [0, 0.05) is 0 Å². The standard InChI is InChI=1S/Ba.Na.HO4Si/c;;1-5(2,3)4/h;;1H/q+2;+1;-3. The van der Waals surface area contributed by atoms with Gasteiger partial charge in [0.2, 0.25) is 0 Å². The molecule has 0 saturated carbocycles. The third-order valence-electron chi connectivity index (χ3n) is 0. The fraction of sp³-hybridized carbons (Fsp3) is 0. The van der Waals surface area contributed by atoms with Gasteiger partial charge in [0.1, 0.15) is 0 Å². The van der Waals surface area contributed by atoms with Gasteiger partial charge >= 0.3 is 78.4 Å². The smallest absolute Gasteiger partial charge is 0.861 e. The van der Waals surface area contributed by atoms with Gasteiger partial charge in [0.15, 0.2) is 0 Å². The first-order valence-electron chi connectivity index (χ1n) is 0.836. The van der Waals surface area contributed by atoms with E-state index < -0.39 is 9.05 Å². The van der Waals surface area contributed by atoms with Crippen LogP contribution in [0.2, 0.25) is 0 Å². The van der Waals surface area contributed by atoms with Crippen molar-refractivity contribution in [3.63, 3.8) is 0 Å². The van der Waals surface area contributed by atoms with Crippen LogP contribution >= 0.6 is 0 Å². The molecule has 0 aromatic carbocycles. The van der Waals surface area contributed by atoms with E-state index in [-0.39, 0.29) is 78.4 Å². The Morgan fingerprint density at radius 2 is 1.14 bits per heavy atom. The summed E-state index contributed by atoms with van der Waals surface area (Å²) in [6.45, 7) is 0. The van der Waals surface area contributed by atoms with E-state index in [4.69, 9.17) is 19.2 Å². The summed E-state index contributed by atoms with van der Waals surface area (Å²) in [5, 5.41) is 0. The Morgan fingerprint density at radius 3 is 1.14 bits per heavy atom. The monoisotopic (exact) mass is 254 g/mol. The zero-order valence-electron chi connectivity index (χ0n) is 3.88. The first-order valence-corrected chi connectivity index (χ1v) is 2.51. The van der Waals surface area contributed by atoms with Crippen LogP contribution in [-0.4, -0.2) is 62.7 Å². The summed E-state index contributed by atoms with van der Waals surface area (Å²) in [4.78, 5) is 33.1. The van der Waals surface area contributed by atoms with Gasteiger partial charge in [-0.1, -0.05) is 0 Å². The first kappa shape index (κ1) is 16.3. The Balaban J connectivity index is -0.0000000800. The number of hydrogen-bond acceptors (Lipinski definition) is 4. The zero-order chi connectivity index (χ0) is 4.50. The molecule has 0 aliphatic heterocycles. The van der Waals surface area contributed by atoms with E-state index in [1.807, 2.05) is 0 Å². The van der Waals surface area contributed by atoms with Crippen LogP contribution in [0.1, 0.15) is 0 Å². The Bertz CT molecular complexity index is 27.2. The van der Waals surface area contributed by atoms with Gasteiger partial charge < -0.3 is 19.2 Å². The van der Waals surface area contributed by atoms with Crippen LogP contribution in [0.25, 0.3) is 0 Å². The van der Waals surface area contributed by atoms with Crippen LogP contribution in [0, 0.1) is 0 Å². The summed E-state index contributed by atoms with van der Waals surface area (Å²) in [6, 6.07) is 0. The second kappa shape index (κ2) is 6.74. The molecule has 0 rings (SSSR count). The molecule has 0 spiro atoms. The topological polar surface area (TPSA) is 89.4 Å². The fourth-order valence-electron chi connectivity index (χ4n) is 0. The molecular weight excluding hydrogens is 252 g/mol. The van der Waals surface area contributed by atoms with E-state index in [0.717, 1.165) is 0 Å². The Kier molecular flexibility index (Phi) is 15.7. The quantitative estimate of drug-likeness (QED) is 0.434. The molecule has 0 heterocycles. The minimum absolute atomic E-state index is 0. The second-order valence-electron chi connectivity index (χ2n) is 0.524. The molecule has 0 aromatic heterocycles. The molecule has 0 unspecified atom stereocenters. The maximum absolute atomic E-state index is 8.69. The molecule has 0 amide bonds. The van der Waals surface area contributed by atoms with Crippen LogP contribution < -0.4 is 43.9 Å². The SMILES string of the molecule is [Ba+2].[Na+].[O-][Si]([O-])([O-])O. The number of hydrogen-bond donors (Lipinski definition) is 1. The van der Waals surface area contributed by atoms with E-state index in [0.29, 0.717) is 0 Å². The molecule has 4 nitrogen and oxygen atoms in total. The van der Waals surface area contributed by atoms with Crippen molar-refractivity contribution in [2.24, 2.45) is 0 Å². The summed E-state index contributed by atoms with van der Waals surface area (Å²) in [5.41, 5.74) is 0. The van der Waals surface area contributed by atoms with Gasteiger partial charge in [-0.3, -0.25) is 0 Å². The Hall–Kier alpha value is 2.63. The maximum Gasteiger partial charge on any atom is 2.00 e. The van der Waals surface area contributed by atoms with Gasteiger partial charge in [-0.25, -0.2) is 0 Å². The van der Waals surface area contributed by atoms with Crippen LogP contribution in [0.5, 0.6) is 0 Å². The Labute approximate surface area is 104 Å². The van der Waals surface area contributed by atoms with Crippen molar-refractivity contribution in [3.05, 3.63) is 0 Å². The van der Waals surface area contributed by atoms with Crippen LogP contribution in [0.3, 0.4) is 0 Å². The van der Waals surface area contributed by atoms with E-state index in [1.165, 1.54) is 0 Å². The van der Waals surface area contributed by atoms with Gasteiger partial charge in [-0.05, 0) is 0 Å². The molecule has 7 heavy (non-hydrogen) atoms. The summed E-state index contributed by atoms with van der Waals surface area (Å²) in [5.74, 6) is 0. The molecule has 7 heteroatoms. The molecule has 0 aliphatic carbocycles. The zero-order valence-corrected chi connectivity index (χ0v) is 11.3. The van der Waals surface area contributed by atoms with Crippen molar-refractivity contribution < 1.29 is 48.7 Å².